The molecule has 3 aromatic rings. The Morgan fingerprint density at radius 3 is 2.60 bits per heavy atom. The minimum atomic E-state index is -3.56. The van der Waals surface area contributed by atoms with Gasteiger partial charge < -0.3 is 5.32 Å². The number of nitrogens with one attached hydrogen (secondary N) is 2. The van der Waals surface area contributed by atoms with Crippen LogP contribution >= 0.6 is 11.3 Å². The fraction of sp³-hybridized carbons (Fsp3) is 0.261. The van der Waals surface area contributed by atoms with Gasteiger partial charge in [-0.2, -0.15) is 0 Å². The number of aryl methyl sites for hydroxylation is 2. The number of benzene rings is 2. The Morgan fingerprint density at radius 2 is 1.80 bits per heavy atom. The first kappa shape index (κ1) is 20.8. The van der Waals surface area contributed by atoms with Crippen molar-refractivity contribution in [2.24, 2.45) is 0 Å². The maximum atomic E-state index is 12.7. The summed E-state index contributed by atoms with van der Waals surface area (Å²) >= 11 is 1.52. The minimum Gasteiger partial charge on any atom is -0.347 e. The number of hydrogen-bond donors (Lipinski definition) is 2. The van der Waals surface area contributed by atoms with Crippen LogP contribution in [-0.2, 0) is 29.4 Å². The highest BCUT2D eigenvalue weighted by Gasteiger charge is 2.21. The Bertz CT molecular complexity index is 1200. The third-order valence-corrected chi connectivity index (χ3v) is 7.88. The van der Waals surface area contributed by atoms with Crippen LogP contribution < -0.4 is 10.0 Å². The van der Waals surface area contributed by atoms with Crippen LogP contribution in [0.5, 0.6) is 0 Å². The zero-order valence-electron chi connectivity index (χ0n) is 16.9. The second kappa shape index (κ2) is 8.34. The van der Waals surface area contributed by atoms with E-state index in [4.69, 9.17) is 0 Å². The maximum Gasteiger partial charge on any atom is 0.261 e. The van der Waals surface area contributed by atoms with Crippen LogP contribution in [0.25, 0.3) is 10.4 Å². The molecular formula is C23H24N2O3S2. The number of fused-ring (bicyclic) bond motifs is 3. The first-order valence-corrected chi connectivity index (χ1v) is 12.2. The SMILES string of the molecule is CC(C)NS(=O)(=O)c1cccc(CNC(=O)c2cc3c(s2)-c2ccccc2CC3)c1. The summed E-state index contributed by atoms with van der Waals surface area (Å²) in [6.45, 7) is 3.82. The molecule has 0 aliphatic heterocycles. The average Bonchev–Trinajstić information content (AvgIpc) is 3.16. The van der Waals surface area contributed by atoms with E-state index in [0.717, 1.165) is 18.4 Å². The maximum absolute atomic E-state index is 12.7. The van der Waals surface area contributed by atoms with E-state index in [1.807, 2.05) is 18.2 Å². The lowest BCUT2D eigenvalue weighted by Gasteiger charge is -2.15. The molecule has 0 saturated heterocycles. The van der Waals surface area contributed by atoms with Crippen molar-refractivity contribution in [1.29, 1.82) is 0 Å². The topological polar surface area (TPSA) is 75.3 Å². The summed E-state index contributed by atoms with van der Waals surface area (Å²) in [6.07, 6.45) is 1.94. The molecule has 1 amide bonds. The summed E-state index contributed by atoms with van der Waals surface area (Å²) in [5.41, 5.74) is 4.50. The average molecular weight is 441 g/mol. The molecule has 1 aromatic heterocycles. The molecule has 4 rings (SSSR count). The molecular weight excluding hydrogens is 416 g/mol. The Balaban J connectivity index is 1.48. The highest BCUT2D eigenvalue weighted by molar-refractivity contribution is 7.89. The van der Waals surface area contributed by atoms with Crippen molar-refractivity contribution in [2.75, 3.05) is 0 Å². The minimum absolute atomic E-state index is 0.138. The largest absolute Gasteiger partial charge is 0.347 e. The predicted molar refractivity (Wildman–Crippen MR) is 120 cm³/mol. The van der Waals surface area contributed by atoms with Gasteiger partial charge in [-0.15, -0.1) is 11.3 Å². The third-order valence-electron chi connectivity index (χ3n) is 5.01. The van der Waals surface area contributed by atoms with Gasteiger partial charge in [0.2, 0.25) is 10.0 Å². The molecule has 0 fully saturated rings. The van der Waals surface area contributed by atoms with Gasteiger partial charge in [-0.3, -0.25) is 4.79 Å². The summed E-state index contributed by atoms with van der Waals surface area (Å²) in [5, 5.41) is 2.92. The lowest BCUT2D eigenvalue weighted by molar-refractivity contribution is 0.0955. The van der Waals surface area contributed by atoms with Crippen LogP contribution in [0.3, 0.4) is 0 Å². The summed E-state index contributed by atoms with van der Waals surface area (Å²) in [6, 6.07) is 16.8. The Kier molecular flexibility index (Phi) is 5.77. The number of hydrogen-bond acceptors (Lipinski definition) is 4. The van der Waals surface area contributed by atoms with Gasteiger partial charge in [0, 0.05) is 17.5 Å². The standard InChI is InChI=1S/C23H24N2O3S2/c1-15(2)25-30(27,28)19-8-5-6-16(12-19)14-24-23(26)21-13-18-11-10-17-7-3-4-9-20(17)22(18)29-21/h3-9,12-13,15,25H,10-11,14H2,1-2H3,(H,24,26). The molecule has 1 heterocycles. The number of rotatable bonds is 6. The molecule has 0 radical (unpaired) electrons. The molecule has 156 valence electrons. The molecule has 30 heavy (non-hydrogen) atoms. The molecule has 0 bridgehead atoms. The Morgan fingerprint density at radius 1 is 1.03 bits per heavy atom. The predicted octanol–water partition coefficient (Wildman–Crippen LogP) is 4.13. The monoisotopic (exact) mass is 440 g/mol. The third kappa shape index (κ3) is 4.33. The molecule has 1 aliphatic carbocycles. The Hall–Kier alpha value is -2.48. The van der Waals surface area contributed by atoms with E-state index < -0.39 is 10.0 Å². The van der Waals surface area contributed by atoms with Crippen molar-refractivity contribution in [3.05, 3.63) is 76.2 Å². The highest BCUT2D eigenvalue weighted by Crippen LogP contribution is 2.39. The van der Waals surface area contributed by atoms with Crippen LogP contribution in [0.4, 0.5) is 0 Å². The van der Waals surface area contributed by atoms with Crippen LogP contribution in [0.2, 0.25) is 0 Å². The fourth-order valence-corrected chi connectivity index (χ4v) is 6.16. The first-order valence-electron chi connectivity index (χ1n) is 9.94. The van der Waals surface area contributed by atoms with Crippen molar-refractivity contribution in [3.8, 4) is 10.4 Å². The summed E-state index contributed by atoms with van der Waals surface area (Å²) < 4.78 is 27.3. The number of sulfonamides is 1. The molecule has 0 spiro atoms. The fourth-order valence-electron chi connectivity index (χ4n) is 3.65. The molecule has 2 N–H and O–H groups in total. The van der Waals surface area contributed by atoms with E-state index >= 15 is 0 Å². The number of thiophene rings is 1. The van der Waals surface area contributed by atoms with Crippen molar-refractivity contribution < 1.29 is 13.2 Å². The van der Waals surface area contributed by atoms with E-state index in [1.165, 1.54) is 32.9 Å². The lowest BCUT2D eigenvalue weighted by Crippen LogP contribution is -2.30. The first-order chi connectivity index (χ1) is 14.3. The molecule has 0 atom stereocenters. The number of carbonyl (C=O) groups excluding carboxylic acids is 1. The van der Waals surface area contributed by atoms with Crippen molar-refractivity contribution in [2.45, 2.75) is 44.2 Å². The second-order valence-corrected chi connectivity index (χ2v) is 10.5. The molecule has 1 aliphatic rings. The van der Waals surface area contributed by atoms with E-state index in [2.05, 4.69) is 28.2 Å². The van der Waals surface area contributed by atoms with Gasteiger partial charge in [-0.1, -0.05) is 36.4 Å². The van der Waals surface area contributed by atoms with Crippen molar-refractivity contribution >= 4 is 27.3 Å². The highest BCUT2D eigenvalue weighted by atomic mass is 32.2. The van der Waals surface area contributed by atoms with Gasteiger partial charge in [0.25, 0.3) is 5.91 Å². The Labute approximate surface area is 181 Å². The van der Waals surface area contributed by atoms with Crippen LogP contribution in [-0.4, -0.2) is 20.4 Å². The van der Waals surface area contributed by atoms with Gasteiger partial charge in [0.1, 0.15) is 0 Å². The van der Waals surface area contributed by atoms with Gasteiger partial charge in [0.15, 0.2) is 0 Å². The lowest BCUT2D eigenvalue weighted by atomic mass is 9.91. The molecule has 0 saturated carbocycles. The zero-order valence-corrected chi connectivity index (χ0v) is 18.6. The van der Waals surface area contributed by atoms with Gasteiger partial charge in [-0.05, 0) is 67.1 Å². The normalized spacial score (nSPS) is 13.0. The van der Waals surface area contributed by atoms with E-state index in [-0.39, 0.29) is 23.4 Å². The van der Waals surface area contributed by atoms with Crippen LogP contribution in [0.15, 0.2) is 59.5 Å². The van der Waals surface area contributed by atoms with E-state index in [0.29, 0.717) is 4.88 Å². The zero-order chi connectivity index (χ0) is 21.3. The molecule has 2 aromatic carbocycles. The van der Waals surface area contributed by atoms with E-state index in [9.17, 15) is 13.2 Å². The molecule has 5 nitrogen and oxygen atoms in total. The smallest absolute Gasteiger partial charge is 0.261 e. The number of amides is 1. The van der Waals surface area contributed by atoms with Gasteiger partial charge in [-0.25, -0.2) is 13.1 Å². The van der Waals surface area contributed by atoms with E-state index in [1.54, 1.807) is 32.0 Å². The summed E-state index contributed by atoms with van der Waals surface area (Å²) in [7, 11) is -3.56. The second-order valence-electron chi connectivity index (χ2n) is 7.73. The van der Waals surface area contributed by atoms with Crippen molar-refractivity contribution in [3.63, 3.8) is 0 Å². The quantitative estimate of drug-likeness (QED) is 0.605. The van der Waals surface area contributed by atoms with Crippen molar-refractivity contribution in [1.82, 2.24) is 10.0 Å². The summed E-state index contributed by atoms with van der Waals surface area (Å²) in [5.74, 6) is -0.138. The van der Waals surface area contributed by atoms with Gasteiger partial charge >= 0.3 is 0 Å². The van der Waals surface area contributed by atoms with Crippen LogP contribution in [0.1, 0.15) is 40.2 Å². The van der Waals surface area contributed by atoms with Gasteiger partial charge in [0.05, 0.1) is 9.77 Å². The molecule has 0 unspecified atom stereocenters. The van der Waals surface area contributed by atoms with Crippen LogP contribution in [0, 0.1) is 0 Å². The molecule has 7 heteroatoms. The summed E-state index contributed by atoms with van der Waals surface area (Å²) in [4.78, 5) is 14.8. The number of carbonyl (C=O) groups is 1.